The molecule has 218 valence electrons. The lowest BCUT2D eigenvalue weighted by molar-refractivity contribution is -0.121. The maximum absolute atomic E-state index is 13.2. The van der Waals surface area contributed by atoms with Crippen molar-refractivity contribution in [2.24, 2.45) is 0 Å². The number of rotatable bonds is 8. The number of likely N-dealkylation sites (N-methyl/N-ethyl adjacent to an activating group) is 1. The average molecular weight is 607 g/mol. The second-order valence-electron chi connectivity index (χ2n) is 10.3. The number of hydrogen-bond donors (Lipinski definition) is 1. The fourth-order valence-corrected chi connectivity index (χ4v) is 6.60. The van der Waals surface area contributed by atoms with Crippen LogP contribution < -0.4 is 19.1 Å². The molecule has 3 aromatic carbocycles. The Kier molecular flexibility index (Phi) is 7.74. The van der Waals surface area contributed by atoms with Crippen LogP contribution in [0.2, 0.25) is 0 Å². The van der Waals surface area contributed by atoms with Gasteiger partial charge in [-0.15, -0.1) is 11.3 Å². The van der Waals surface area contributed by atoms with E-state index in [1.165, 1.54) is 42.7 Å². The number of esters is 1. The van der Waals surface area contributed by atoms with Crippen molar-refractivity contribution in [2.45, 2.75) is 37.8 Å². The number of nitrogens with zero attached hydrogens (tertiary/aromatic N) is 1. The van der Waals surface area contributed by atoms with Crippen LogP contribution in [0.1, 0.15) is 34.0 Å². The summed E-state index contributed by atoms with van der Waals surface area (Å²) in [6, 6.07) is 19.8. The number of amides is 1. The Bertz CT molecular complexity index is 1780. The van der Waals surface area contributed by atoms with Gasteiger partial charge in [-0.1, -0.05) is 24.3 Å². The summed E-state index contributed by atoms with van der Waals surface area (Å²) in [5.74, 6) is -0.239. The summed E-state index contributed by atoms with van der Waals surface area (Å²) in [6.07, 6.45) is 0. The summed E-state index contributed by atoms with van der Waals surface area (Å²) in [5.41, 5.74) is 2.24. The fourth-order valence-electron chi connectivity index (χ4n) is 4.89. The van der Waals surface area contributed by atoms with E-state index in [1.807, 2.05) is 25.1 Å². The van der Waals surface area contributed by atoms with Gasteiger partial charge in [0.2, 0.25) is 0 Å². The molecule has 0 radical (unpaired) electrons. The molecular formula is C31H30N2O7S2. The highest BCUT2D eigenvalue weighted by molar-refractivity contribution is 7.87. The van der Waals surface area contributed by atoms with Crippen molar-refractivity contribution in [2.75, 3.05) is 24.4 Å². The number of fused-ring (bicyclic) bond motifs is 1. The number of nitrogens with one attached hydrogen (secondary N) is 1. The predicted molar refractivity (Wildman–Crippen MR) is 162 cm³/mol. The first-order chi connectivity index (χ1) is 19.9. The molecule has 1 aliphatic rings. The van der Waals surface area contributed by atoms with Crippen molar-refractivity contribution in [3.8, 4) is 22.6 Å². The number of methoxy groups -OCH3 is 1. The summed E-state index contributed by atoms with van der Waals surface area (Å²) >= 11 is 1.34. The molecule has 0 aliphatic carbocycles. The summed E-state index contributed by atoms with van der Waals surface area (Å²) < 4.78 is 42.4. The van der Waals surface area contributed by atoms with E-state index in [4.69, 9.17) is 13.7 Å². The van der Waals surface area contributed by atoms with Gasteiger partial charge >= 0.3 is 16.1 Å². The van der Waals surface area contributed by atoms with E-state index in [2.05, 4.69) is 5.32 Å². The smallest absolute Gasteiger partial charge is 0.348 e. The minimum Gasteiger partial charge on any atom is -0.496 e. The monoisotopic (exact) mass is 606 g/mol. The standard InChI is InChI=1S/C31H30N2O7S2/c1-19-11-16-27(41-19)29(34)39-18-24-22(14-15-25-28(24)33(4)30(35)31(2,3)32-25)23-13-12-20(17-26(23)38-5)40-42(36,37)21-9-7-6-8-10-21/h6-17,32H,18H2,1-5H3. The second kappa shape index (κ2) is 11.1. The van der Waals surface area contributed by atoms with E-state index in [1.54, 1.807) is 56.1 Å². The molecule has 0 atom stereocenters. The molecule has 0 saturated heterocycles. The van der Waals surface area contributed by atoms with Crippen molar-refractivity contribution in [3.05, 3.63) is 88.1 Å². The molecule has 1 aliphatic heterocycles. The molecule has 0 saturated carbocycles. The minimum atomic E-state index is -4.07. The Morgan fingerprint density at radius 3 is 2.38 bits per heavy atom. The Labute approximate surface area is 248 Å². The van der Waals surface area contributed by atoms with Crippen LogP contribution in [0.25, 0.3) is 11.1 Å². The van der Waals surface area contributed by atoms with E-state index >= 15 is 0 Å². The van der Waals surface area contributed by atoms with E-state index in [0.29, 0.717) is 38.7 Å². The van der Waals surface area contributed by atoms with E-state index in [-0.39, 0.29) is 23.2 Å². The topological polar surface area (TPSA) is 111 Å². The molecule has 1 amide bonds. The molecule has 4 aromatic rings. The van der Waals surface area contributed by atoms with E-state index < -0.39 is 21.6 Å². The predicted octanol–water partition coefficient (Wildman–Crippen LogP) is 6.02. The second-order valence-corrected chi connectivity index (χ2v) is 13.1. The lowest BCUT2D eigenvalue weighted by Crippen LogP contribution is -2.52. The van der Waals surface area contributed by atoms with Crippen LogP contribution in [-0.4, -0.2) is 40.0 Å². The number of thiophene rings is 1. The molecule has 0 unspecified atom stereocenters. The summed E-state index contributed by atoms with van der Waals surface area (Å²) in [4.78, 5) is 29.2. The molecule has 11 heteroatoms. The molecule has 0 fully saturated rings. The quantitative estimate of drug-likeness (QED) is 0.191. The first-order valence-electron chi connectivity index (χ1n) is 13.0. The lowest BCUT2D eigenvalue weighted by Gasteiger charge is -2.39. The zero-order valence-electron chi connectivity index (χ0n) is 23.8. The Balaban J connectivity index is 1.57. The fraction of sp³-hybridized carbons (Fsp3) is 0.226. The minimum absolute atomic E-state index is 0.0240. The molecule has 2 heterocycles. The van der Waals surface area contributed by atoms with Crippen LogP contribution in [-0.2, 0) is 26.3 Å². The third-order valence-electron chi connectivity index (χ3n) is 6.89. The number of anilines is 2. The summed E-state index contributed by atoms with van der Waals surface area (Å²) in [7, 11) is -0.920. The van der Waals surface area contributed by atoms with Crippen LogP contribution in [0.15, 0.2) is 77.7 Å². The third-order valence-corrected chi connectivity index (χ3v) is 9.14. The van der Waals surface area contributed by atoms with Crippen molar-refractivity contribution in [3.63, 3.8) is 0 Å². The SMILES string of the molecule is COc1cc(OS(=O)(=O)c2ccccc2)ccc1-c1ccc2c(c1COC(=O)c1ccc(C)s1)N(C)C(=O)C(C)(C)N2. The molecule has 42 heavy (non-hydrogen) atoms. The number of hydrogen-bond acceptors (Lipinski definition) is 9. The number of aryl methyl sites for hydroxylation is 1. The molecule has 0 bridgehead atoms. The van der Waals surface area contributed by atoms with Crippen LogP contribution in [0.4, 0.5) is 11.4 Å². The lowest BCUT2D eigenvalue weighted by atomic mass is 9.92. The van der Waals surface area contributed by atoms with Gasteiger partial charge in [-0.3, -0.25) is 4.79 Å². The number of carbonyl (C=O) groups is 2. The van der Waals surface area contributed by atoms with E-state index in [9.17, 15) is 18.0 Å². The summed E-state index contributed by atoms with van der Waals surface area (Å²) in [6.45, 7) is 5.38. The Hall–Kier alpha value is -4.35. The van der Waals surface area contributed by atoms with Gasteiger partial charge in [-0.25, -0.2) is 4.79 Å². The van der Waals surface area contributed by atoms with Crippen LogP contribution >= 0.6 is 11.3 Å². The number of carbonyl (C=O) groups excluding carboxylic acids is 2. The molecule has 9 nitrogen and oxygen atoms in total. The average Bonchev–Trinajstić information content (AvgIpc) is 3.41. The Morgan fingerprint density at radius 2 is 1.71 bits per heavy atom. The van der Waals surface area contributed by atoms with E-state index in [0.717, 1.165) is 4.88 Å². The van der Waals surface area contributed by atoms with Gasteiger partial charge in [0.15, 0.2) is 0 Å². The van der Waals surface area contributed by atoms with Crippen LogP contribution in [0.5, 0.6) is 11.5 Å². The van der Waals surface area contributed by atoms with Crippen molar-refractivity contribution < 1.29 is 31.7 Å². The van der Waals surface area contributed by atoms with Gasteiger partial charge < -0.3 is 23.9 Å². The zero-order valence-corrected chi connectivity index (χ0v) is 25.4. The third kappa shape index (κ3) is 5.57. The number of ether oxygens (including phenoxy) is 2. The zero-order chi connectivity index (χ0) is 30.2. The van der Waals surface area contributed by atoms with Gasteiger partial charge in [0.1, 0.15) is 33.4 Å². The van der Waals surface area contributed by atoms with Crippen LogP contribution in [0, 0.1) is 6.92 Å². The van der Waals surface area contributed by atoms with Gasteiger partial charge in [-0.2, -0.15) is 8.42 Å². The van der Waals surface area contributed by atoms with Crippen LogP contribution in [0.3, 0.4) is 0 Å². The first-order valence-corrected chi connectivity index (χ1v) is 15.3. The molecule has 5 rings (SSSR count). The summed E-state index contributed by atoms with van der Waals surface area (Å²) in [5, 5.41) is 3.29. The Morgan fingerprint density at radius 1 is 1.00 bits per heavy atom. The van der Waals surface area contributed by atoms with Crippen molar-refractivity contribution in [1.29, 1.82) is 0 Å². The molecule has 1 aromatic heterocycles. The maximum atomic E-state index is 13.2. The molecule has 0 spiro atoms. The highest BCUT2D eigenvalue weighted by atomic mass is 32.2. The molecule has 1 N–H and O–H groups in total. The first kappa shape index (κ1) is 29.2. The highest BCUT2D eigenvalue weighted by Crippen LogP contribution is 2.45. The van der Waals surface area contributed by atoms with Gasteiger partial charge in [0.05, 0.1) is 18.5 Å². The molecular weight excluding hydrogens is 576 g/mol. The van der Waals surface area contributed by atoms with Crippen molar-refractivity contribution in [1.82, 2.24) is 0 Å². The number of benzene rings is 3. The van der Waals surface area contributed by atoms with Gasteiger partial charge in [0, 0.05) is 29.1 Å². The normalized spacial score (nSPS) is 14.1. The highest BCUT2D eigenvalue weighted by Gasteiger charge is 2.39. The van der Waals surface area contributed by atoms with Gasteiger partial charge in [0.25, 0.3) is 5.91 Å². The maximum Gasteiger partial charge on any atom is 0.348 e. The largest absolute Gasteiger partial charge is 0.496 e. The van der Waals surface area contributed by atoms with Gasteiger partial charge in [-0.05, 0) is 68.8 Å². The van der Waals surface area contributed by atoms with Crippen molar-refractivity contribution >= 4 is 44.7 Å².